The van der Waals surface area contributed by atoms with Crippen molar-refractivity contribution in [3.8, 4) is 0 Å². The Kier molecular flexibility index (Phi) is 6.26. The molecular formula is C17H25F3N2. The van der Waals surface area contributed by atoms with Crippen molar-refractivity contribution in [2.75, 3.05) is 26.2 Å². The number of nitrogens with zero attached hydrogens (tertiary/aromatic N) is 1. The molecule has 0 unspecified atom stereocenters. The minimum Gasteiger partial charge on any atom is -0.314 e. The highest BCUT2D eigenvalue weighted by Gasteiger charge is 2.30. The van der Waals surface area contributed by atoms with E-state index in [1.165, 1.54) is 18.6 Å². The number of benzene rings is 1. The lowest BCUT2D eigenvalue weighted by Crippen LogP contribution is -2.45. The van der Waals surface area contributed by atoms with Crippen LogP contribution in [-0.2, 0) is 6.18 Å². The maximum Gasteiger partial charge on any atom is 0.416 e. The summed E-state index contributed by atoms with van der Waals surface area (Å²) >= 11 is 0. The van der Waals surface area contributed by atoms with E-state index in [0.717, 1.165) is 51.0 Å². The first kappa shape index (κ1) is 17.3. The molecule has 22 heavy (non-hydrogen) atoms. The largest absolute Gasteiger partial charge is 0.416 e. The Morgan fingerprint density at radius 1 is 1.09 bits per heavy atom. The molecule has 1 saturated heterocycles. The van der Waals surface area contributed by atoms with E-state index in [4.69, 9.17) is 0 Å². The summed E-state index contributed by atoms with van der Waals surface area (Å²) in [6.07, 6.45) is 0.196. The summed E-state index contributed by atoms with van der Waals surface area (Å²) in [5.74, 6) is 0. The first-order valence-corrected chi connectivity index (χ1v) is 8.14. The van der Waals surface area contributed by atoms with Gasteiger partial charge in [0.05, 0.1) is 5.56 Å². The lowest BCUT2D eigenvalue weighted by molar-refractivity contribution is -0.137. The fourth-order valence-electron chi connectivity index (χ4n) is 3.04. The van der Waals surface area contributed by atoms with E-state index in [9.17, 15) is 13.2 Å². The number of hydrogen-bond acceptors (Lipinski definition) is 2. The third-order valence-corrected chi connectivity index (χ3v) is 4.30. The van der Waals surface area contributed by atoms with Crippen LogP contribution in [0.2, 0.25) is 0 Å². The van der Waals surface area contributed by atoms with Gasteiger partial charge in [-0.2, -0.15) is 13.2 Å². The van der Waals surface area contributed by atoms with Gasteiger partial charge in [0.15, 0.2) is 0 Å². The van der Waals surface area contributed by atoms with Crippen molar-refractivity contribution in [2.24, 2.45) is 0 Å². The molecule has 2 nitrogen and oxygen atoms in total. The summed E-state index contributed by atoms with van der Waals surface area (Å²) in [5.41, 5.74) is 0.440. The standard InChI is InChI=1S/C17H25F3N2/c1-2-3-4-5-16(22-12-10-21-11-13-22)14-6-8-15(9-7-14)17(18,19)20/h6-9,16,21H,2-5,10-13H2,1H3/t16-/m1/s1. The van der Waals surface area contributed by atoms with Crippen molar-refractivity contribution in [3.63, 3.8) is 0 Å². The predicted molar refractivity (Wildman–Crippen MR) is 82.8 cm³/mol. The molecule has 1 aliphatic rings. The Bertz CT molecular complexity index is 436. The first-order chi connectivity index (χ1) is 10.5. The molecule has 0 radical (unpaired) electrons. The van der Waals surface area contributed by atoms with Gasteiger partial charge in [0.25, 0.3) is 0 Å². The van der Waals surface area contributed by atoms with Crippen molar-refractivity contribution >= 4 is 0 Å². The van der Waals surface area contributed by atoms with Crippen LogP contribution in [0.15, 0.2) is 24.3 Å². The zero-order chi connectivity index (χ0) is 16.0. The second kappa shape index (κ2) is 7.97. The predicted octanol–water partition coefficient (Wildman–Crippen LogP) is 4.23. The van der Waals surface area contributed by atoms with Gasteiger partial charge in [-0.05, 0) is 24.1 Å². The highest BCUT2D eigenvalue weighted by Crippen LogP contribution is 2.32. The first-order valence-electron chi connectivity index (χ1n) is 8.14. The fraction of sp³-hybridized carbons (Fsp3) is 0.647. The van der Waals surface area contributed by atoms with Gasteiger partial charge in [0.2, 0.25) is 0 Å². The second-order valence-corrected chi connectivity index (χ2v) is 5.92. The maximum absolute atomic E-state index is 12.7. The highest BCUT2D eigenvalue weighted by atomic mass is 19.4. The summed E-state index contributed by atoms with van der Waals surface area (Å²) in [7, 11) is 0. The van der Waals surface area contributed by atoms with E-state index in [2.05, 4.69) is 17.1 Å². The van der Waals surface area contributed by atoms with E-state index >= 15 is 0 Å². The molecule has 0 aliphatic carbocycles. The van der Waals surface area contributed by atoms with E-state index in [1.807, 2.05) is 0 Å². The molecular weight excluding hydrogens is 289 g/mol. The zero-order valence-corrected chi connectivity index (χ0v) is 13.1. The molecule has 1 atom stereocenters. The van der Waals surface area contributed by atoms with Crippen LogP contribution in [0.3, 0.4) is 0 Å². The van der Waals surface area contributed by atoms with Crippen molar-refractivity contribution in [3.05, 3.63) is 35.4 Å². The average Bonchev–Trinajstić information content (AvgIpc) is 2.52. The molecule has 0 amide bonds. The molecule has 1 aromatic rings. The molecule has 5 heteroatoms. The molecule has 1 aromatic carbocycles. The molecule has 124 valence electrons. The fourth-order valence-corrected chi connectivity index (χ4v) is 3.04. The summed E-state index contributed by atoms with van der Waals surface area (Å²) in [4.78, 5) is 2.40. The summed E-state index contributed by atoms with van der Waals surface area (Å²) < 4.78 is 38.1. The quantitative estimate of drug-likeness (QED) is 0.790. The molecule has 1 heterocycles. The monoisotopic (exact) mass is 314 g/mol. The summed E-state index contributed by atoms with van der Waals surface area (Å²) in [5, 5.41) is 3.33. The van der Waals surface area contributed by atoms with Crippen LogP contribution in [0.1, 0.15) is 49.8 Å². The Morgan fingerprint density at radius 3 is 2.27 bits per heavy atom. The Labute approximate surface area is 130 Å². The van der Waals surface area contributed by atoms with Gasteiger partial charge in [0.1, 0.15) is 0 Å². The van der Waals surface area contributed by atoms with Gasteiger partial charge in [-0.15, -0.1) is 0 Å². The number of piperazine rings is 1. The van der Waals surface area contributed by atoms with Crippen LogP contribution in [0, 0.1) is 0 Å². The number of halogens is 3. The van der Waals surface area contributed by atoms with Crippen LogP contribution in [0.5, 0.6) is 0 Å². The summed E-state index contributed by atoms with van der Waals surface area (Å²) in [6.45, 7) is 5.98. The van der Waals surface area contributed by atoms with E-state index in [-0.39, 0.29) is 6.04 Å². The number of hydrogen-bond donors (Lipinski definition) is 1. The smallest absolute Gasteiger partial charge is 0.314 e. The minimum absolute atomic E-state index is 0.232. The number of nitrogens with one attached hydrogen (secondary N) is 1. The molecule has 0 saturated carbocycles. The second-order valence-electron chi connectivity index (χ2n) is 5.92. The van der Waals surface area contributed by atoms with Gasteiger partial charge in [-0.1, -0.05) is 38.3 Å². The third-order valence-electron chi connectivity index (χ3n) is 4.30. The van der Waals surface area contributed by atoms with Crippen LogP contribution < -0.4 is 5.32 Å². The molecule has 1 N–H and O–H groups in total. The van der Waals surface area contributed by atoms with Crippen LogP contribution in [0.25, 0.3) is 0 Å². The molecule has 1 fully saturated rings. The third kappa shape index (κ3) is 4.71. The van der Waals surface area contributed by atoms with E-state index in [0.29, 0.717) is 0 Å². The van der Waals surface area contributed by atoms with Gasteiger partial charge in [-0.25, -0.2) is 0 Å². The number of alkyl halides is 3. The maximum atomic E-state index is 12.7. The van der Waals surface area contributed by atoms with Crippen LogP contribution in [-0.4, -0.2) is 31.1 Å². The summed E-state index contributed by atoms with van der Waals surface area (Å²) in [6, 6.07) is 5.97. The van der Waals surface area contributed by atoms with Crippen molar-refractivity contribution in [1.29, 1.82) is 0 Å². The molecule has 0 bridgehead atoms. The number of unbranched alkanes of at least 4 members (excludes halogenated alkanes) is 2. The van der Waals surface area contributed by atoms with Crippen LogP contribution >= 0.6 is 0 Å². The average molecular weight is 314 g/mol. The Hall–Kier alpha value is -1.07. The molecule has 2 rings (SSSR count). The van der Waals surface area contributed by atoms with Crippen molar-refractivity contribution in [2.45, 2.75) is 44.8 Å². The van der Waals surface area contributed by atoms with E-state index in [1.54, 1.807) is 12.1 Å². The van der Waals surface area contributed by atoms with Crippen molar-refractivity contribution in [1.82, 2.24) is 10.2 Å². The SMILES string of the molecule is CCCCC[C@H](c1ccc(C(F)(F)F)cc1)N1CCNCC1. The topological polar surface area (TPSA) is 15.3 Å². The lowest BCUT2D eigenvalue weighted by Gasteiger charge is -2.35. The normalized spacial score (nSPS) is 18.4. The van der Waals surface area contributed by atoms with Crippen LogP contribution in [0.4, 0.5) is 13.2 Å². The number of rotatable bonds is 6. The van der Waals surface area contributed by atoms with Gasteiger partial charge < -0.3 is 5.32 Å². The molecule has 0 aromatic heterocycles. The van der Waals surface area contributed by atoms with Gasteiger partial charge in [-0.3, -0.25) is 4.90 Å². The Balaban J connectivity index is 2.12. The lowest BCUT2D eigenvalue weighted by atomic mass is 9.97. The minimum atomic E-state index is -4.26. The van der Waals surface area contributed by atoms with Gasteiger partial charge in [0, 0.05) is 32.2 Å². The van der Waals surface area contributed by atoms with E-state index < -0.39 is 11.7 Å². The Morgan fingerprint density at radius 2 is 1.73 bits per heavy atom. The molecule has 1 aliphatic heterocycles. The molecule has 0 spiro atoms. The zero-order valence-electron chi connectivity index (χ0n) is 13.1. The van der Waals surface area contributed by atoms with Gasteiger partial charge >= 0.3 is 6.18 Å². The van der Waals surface area contributed by atoms with Crippen molar-refractivity contribution < 1.29 is 13.2 Å². The highest BCUT2D eigenvalue weighted by molar-refractivity contribution is 5.27.